The van der Waals surface area contributed by atoms with Gasteiger partial charge >= 0.3 is 0 Å². The van der Waals surface area contributed by atoms with Gasteiger partial charge in [-0.25, -0.2) is 0 Å². The summed E-state index contributed by atoms with van der Waals surface area (Å²) in [6, 6.07) is 0. The normalized spacial score (nSPS) is 30.8. The second kappa shape index (κ2) is 9.94. The van der Waals surface area contributed by atoms with E-state index in [1.54, 1.807) is 28.1 Å². The molecule has 1 saturated heterocycles. The summed E-state index contributed by atoms with van der Waals surface area (Å²) >= 11 is 0. The van der Waals surface area contributed by atoms with Gasteiger partial charge in [0.25, 0.3) is 0 Å². The summed E-state index contributed by atoms with van der Waals surface area (Å²) in [5.41, 5.74) is 1.85. The van der Waals surface area contributed by atoms with Crippen LogP contribution in [-0.4, -0.2) is 64.6 Å². The molecule has 1 aliphatic heterocycles. The first kappa shape index (κ1) is 27.5. The molecule has 5 atom stereocenters. The quantitative estimate of drug-likeness (QED) is 0.412. The average molecular weight is 445 g/mol. The third kappa shape index (κ3) is 5.82. The summed E-state index contributed by atoms with van der Waals surface area (Å²) in [4.78, 5) is 0. The Hall–Kier alpha value is -0.543. The smallest absolute Gasteiger partial charge is 0.220 e. The highest BCUT2D eigenvalue weighted by Gasteiger charge is 2.53. The van der Waals surface area contributed by atoms with Gasteiger partial charge in [-0.2, -0.15) is 0 Å². The molecule has 7 heteroatoms. The monoisotopic (exact) mass is 444 g/mol. The summed E-state index contributed by atoms with van der Waals surface area (Å²) in [7, 11) is 1.14. The SMILES string of the molecule is C=C(/C=C(\C)[C@@H](C)[C@H](CO)O[Si](C)(C)C(C)(C)C)[C@@H]1CO[C@@](C)(OC)[C@](C)(OC)O1. The van der Waals surface area contributed by atoms with Crippen molar-refractivity contribution < 1.29 is 28.5 Å². The maximum Gasteiger partial charge on any atom is 0.220 e. The van der Waals surface area contributed by atoms with Gasteiger partial charge in [0.1, 0.15) is 6.10 Å². The van der Waals surface area contributed by atoms with Crippen molar-refractivity contribution in [3.63, 3.8) is 0 Å². The Morgan fingerprint density at radius 1 is 1.23 bits per heavy atom. The lowest BCUT2D eigenvalue weighted by molar-refractivity contribution is -0.426. The summed E-state index contributed by atoms with van der Waals surface area (Å²) in [6.07, 6.45) is 1.37. The van der Waals surface area contributed by atoms with Crippen LogP contribution in [-0.2, 0) is 23.4 Å². The minimum Gasteiger partial charge on any atom is -0.411 e. The van der Waals surface area contributed by atoms with Crippen LogP contribution < -0.4 is 0 Å². The van der Waals surface area contributed by atoms with Gasteiger partial charge in [0.15, 0.2) is 8.32 Å². The van der Waals surface area contributed by atoms with Gasteiger partial charge in [-0.3, -0.25) is 0 Å². The van der Waals surface area contributed by atoms with Crippen molar-refractivity contribution in [1.29, 1.82) is 0 Å². The Balaban J connectivity index is 2.95. The molecule has 6 nitrogen and oxygen atoms in total. The van der Waals surface area contributed by atoms with Crippen molar-refractivity contribution >= 4 is 8.32 Å². The molecule has 0 spiro atoms. The first-order valence-corrected chi connectivity index (χ1v) is 13.6. The maximum atomic E-state index is 10.0. The van der Waals surface area contributed by atoms with E-state index in [2.05, 4.69) is 47.4 Å². The van der Waals surface area contributed by atoms with Gasteiger partial charge in [-0.15, -0.1) is 0 Å². The molecule has 0 saturated carbocycles. The molecule has 1 heterocycles. The zero-order valence-corrected chi connectivity index (χ0v) is 21.9. The maximum absolute atomic E-state index is 10.0. The van der Waals surface area contributed by atoms with Crippen LogP contribution in [0.15, 0.2) is 23.8 Å². The Bertz CT molecular complexity index is 626. The lowest BCUT2D eigenvalue weighted by Crippen LogP contribution is -2.62. The topological polar surface area (TPSA) is 66.4 Å². The number of aliphatic hydroxyl groups is 1. The highest BCUT2D eigenvalue weighted by atomic mass is 28.4. The number of methoxy groups -OCH3 is 2. The van der Waals surface area contributed by atoms with E-state index in [0.717, 1.165) is 11.1 Å². The predicted molar refractivity (Wildman–Crippen MR) is 123 cm³/mol. The van der Waals surface area contributed by atoms with E-state index in [4.69, 9.17) is 23.4 Å². The van der Waals surface area contributed by atoms with Crippen molar-refractivity contribution in [3.8, 4) is 0 Å². The van der Waals surface area contributed by atoms with Crippen LogP contribution in [0.1, 0.15) is 48.5 Å². The van der Waals surface area contributed by atoms with Crippen LogP contribution in [0.4, 0.5) is 0 Å². The molecule has 0 unspecified atom stereocenters. The molecule has 176 valence electrons. The number of hydrogen-bond donors (Lipinski definition) is 1. The molecule has 0 aromatic rings. The lowest BCUT2D eigenvalue weighted by Gasteiger charge is -2.49. The van der Waals surface area contributed by atoms with Gasteiger partial charge in [-0.05, 0) is 44.5 Å². The number of hydrogen-bond acceptors (Lipinski definition) is 6. The molecule has 0 aromatic heterocycles. The number of rotatable bonds is 9. The van der Waals surface area contributed by atoms with Gasteiger partial charge in [-0.1, -0.05) is 45.9 Å². The molecule has 0 amide bonds. The molecule has 1 fully saturated rings. The molecule has 1 N–H and O–H groups in total. The average Bonchev–Trinajstić information content (AvgIpc) is 2.66. The Labute approximate surface area is 184 Å². The minimum absolute atomic E-state index is 0.0255. The van der Waals surface area contributed by atoms with Gasteiger partial charge in [0.05, 0.1) is 19.3 Å². The highest BCUT2D eigenvalue weighted by molar-refractivity contribution is 6.74. The molecular weight excluding hydrogens is 400 g/mol. The zero-order valence-electron chi connectivity index (χ0n) is 20.9. The van der Waals surface area contributed by atoms with E-state index < -0.39 is 19.9 Å². The second-order valence-corrected chi connectivity index (χ2v) is 14.8. The summed E-state index contributed by atoms with van der Waals surface area (Å²) in [6.45, 7) is 23.2. The summed E-state index contributed by atoms with van der Waals surface area (Å²) in [5.74, 6) is -2.05. The van der Waals surface area contributed by atoms with E-state index in [-0.39, 0.29) is 29.8 Å². The van der Waals surface area contributed by atoms with Crippen LogP contribution in [0.2, 0.25) is 18.1 Å². The fourth-order valence-electron chi connectivity index (χ4n) is 3.10. The number of ether oxygens (including phenoxy) is 4. The Morgan fingerprint density at radius 3 is 2.20 bits per heavy atom. The fourth-order valence-corrected chi connectivity index (χ4v) is 4.49. The van der Waals surface area contributed by atoms with Crippen LogP contribution in [0.5, 0.6) is 0 Å². The molecule has 0 aromatic carbocycles. The third-order valence-corrected chi connectivity index (χ3v) is 11.5. The summed E-state index contributed by atoms with van der Waals surface area (Å²) in [5, 5.41) is 10.1. The third-order valence-electron chi connectivity index (χ3n) is 7.02. The van der Waals surface area contributed by atoms with E-state index in [1.165, 1.54) is 0 Å². The zero-order chi connectivity index (χ0) is 23.5. The Morgan fingerprint density at radius 2 is 1.77 bits per heavy atom. The molecule has 1 rings (SSSR count). The van der Waals surface area contributed by atoms with E-state index in [9.17, 15) is 5.11 Å². The molecule has 0 bridgehead atoms. The van der Waals surface area contributed by atoms with E-state index >= 15 is 0 Å². The summed E-state index contributed by atoms with van der Waals surface area (Å²) < 4.78 is 29.7. The molecule has 0 aliphatic carbocycles. The second-order valence-electron chi connectivity index (χ2n) is 10.1. The van der Waals surface area contributed by atoms with Crippen LogP contribution in [0.3, 0.4) is 0 Å². The standard InChI is InChI=1S/C23H44O6Si/c1-16(18(3)19(14-24)29-30(11,12)21(4,5)6)13-17(2)20-15-27-22(7,25-9)23(8,26-10)28-20/h13,18-20,24H,2,14-15H2,1,3-12H3/b16-13+/t18-,19+,20+,22-,23-/m1/s1. The van der Waals surface area contributed by atoms with Crippen molar-refractivity contribution in [1.82, 2.24) is 0 Å². The van der Waals surface area contributed by atoms with Crippen molar-refractivity contribution in [3.05, 3.63) is 23.8 Å². The molecule has 0 radical (unpaired) electrons. The van der Waals surface area contributed by atoms with Gasteiger partial charge in [0, 0.05) is 20.1 Å². The van der Waals surface area contributed by atoms with Crippen molar-refractivity contribution in [2.24, 2.45) is 5.92 Å². The van der Waals surface area contributed by atoms with E-state index in [1.807, 2.05) is 13.0 Å². The van der Waals surface area contributed by atoms with Crippen LogP contribution in [0, 0.1) is 5.92 Å². The molecule has 1 aliphatic rings. The van der Waals surface area contributed by atoms with Crippen LogP contribution >= 0.6 is 0 Å². The van der Waals surface area contributed by atoms with Crippen LogP contribution in [0.25, 0.3) is 0 Å². The van der Waals surface area contributed by atoms with Gasteiger partial charge in [0.2, 0.25) is 11.6 Å². The van der Waals surface area contributed by atoms with Crippen molar-refractivity contribution in [2.75, 3.05) is 27.4 Å². The highest BCUT2D eigenvalue weighted by Crippen LogP contribution is 2.40. The largest absolute Gasteiger partial charge is 0.411 e. The predicted octanol–water partition coefficient (Wildman–Crippen LogP) is 4.65. The lowest BCUT2D eigenvalue weighted by atomic mass is 9.94. The first-order valence-electron chi connectivity index (χ1n) is 10.6. The van der Waals surface area contributed by atoms with Crippen molar-refractivity contribution in [2.45, 2.75) is 90.4 Å². The Kier molecular flexibility index (Phi) is 9.11. The van der Waals surface area contributed by atoms with Gasteiger partial charge < -0.3 is 28.5 Å². The number of aliphatic hydroxyl groups excluding tert-OH is 1. The van der Waals surface area contributed by atoms with E-state index in [0.29, 0.717) is 6.61 Å². The molecular formula is C23H44O6Si. The molecule has 30 heavy (non-hydrogen) atoms. The fraction of sp³-hybridized carbons (Fsp3) is 0.826. The minimum atomic E-state index is -2.00. The first-order chi connectivity index (χ1) is 13.6.